The van der Waals surface area contributed by atoms with Crippen molar-refractivity contribution < 1.29 is 14.6 Å². The highest BCUT2D eigenvalue weighted by atomic mass is 32.1. The minimum atomic E-state index is -0.141. The Kier molecular flexibility index (Phi) is 6.33. The molecule has 5 heteroatoms. The molecule has 0 aliphatic rings. The molecule has 0 radical (unpaired) electrons. The van der Waals surface area contributed by atoms with Crippen LogP contribution >= 0.6 is 11.3 Å². The third kappa shape index (κ3) is 5.50. The van der Waals surface area contributed by atoms with E-state index in [1.165, 1.54) is 11.3 Å². The highest BCUT2D eigenvalue weighted by Gasteiger charge is 2.02. The molecule has 0 bridgehead atoms. The average Bonchev–Trinajstić information content (AvgIpc) is 2.79. The lowest BCUT2D eigenvalue weighted by Gasteiger charge is -2.02. The fourth-order valence-corrected chi connectivity index (χ4v) is 1.92. The molecule has 1 rings (SSSR count). The number of hydrogen-bond donors (Lipinski definition) is 2. The topological polar surface area (TPSA) is 58.6 Å². The van der Waals surface area contributed by atoms with Gasteiger partial charge < -0.3 is 15.2 Å². The molecule has 1 heterocycles. The third-order valence-electron chi connectivity index (χ3n) is 1.85. The van der Waals surface area contributed by atoms with Crippen LogP contribution in [0.3, 0.4) is 0 Å². The van der Waals surface area contributed by atoms with Crippen molar-refractivity contribution in [1.82, 2.24) is 5.32 Å². The highest BCUT2D eigenvalue weighted by molar-refractivity contribution is 7.12. The lowest BCUT2D eigenvalue weighted by atomic mass is 10.4. The van der Waals surface area contributed by atoms with Crippen LogP contribution in [0, 0.1) is 11.8 Å². The van der Waals surface area contributed by atoms with E-state index in [0.29, 0.717) is 13.2 Å². The van der Waals surface area contributed by atoms with Crippen molar-refractivity contribution in [2.24, 2.45) is 0 Å². The number of aliphatic hydroxyl groups excluding tert-OH is 1. The molecule has 0 fully saturated rings. The van der Waals surface area contributed by atoms with Gasteiger partial charge in [-0.1, -0.05) is 11.8 Å². The van der Waals surface area contributed by atoms with E-state index in [2.05, 4.69) is 17.2 Å². The molecule has 0 aliphatic heterocycles. The maximum absolute atomic E-state index is 11.3. The van der Waals surface area contributed by atoms with Crippen LogP contribution in [0.25, 0.3) is 0 Å². The van der Waals surface area contributed by atoms with Crippen molar-refractivity contribution in [3.8, 4) is 11.8 Å². The first kappa shape index (κ1) is 13.7. The lowest BCUT2D eigenvalue weighted by molar-refractivity contribution is -0.125. The second-order valence-corrected chi connectivity index (χ2v) is 4.31. The van der Waals surface area contributed by atoms with E-state index in [1.807, 2.05) is 19.1 Å². The summed E-state index contributed by atoms with van der Waals surface area (Å²) in [5.41, 5.74) is 0. The fourth-order valence-electron chi connectivity index (χ4n) is 1.10. The van der Waals surface area contributed by atoms with Gasteiger partial charge in [-0.25, -0.2) is 0 Å². The van der Waals surface area contributed by atoms with Gasteiger partial charge in [0.2, 0.25) is 5.91 Å². The summed E-state index contributed by atoms with van der Waals surface area (Å²) in [5.74, 6) is 5.28. The Balaban J connectivity index is 2.36. The van der Waals surface area contributed by atoms with Crippen LogP contribution in [0.2, 0.25) is 0 Å². The largest absolute Gasteiger partial charge is 0.384 e. The smallest absolute Gasteiger partial charge is 0.246 e. The number of ether oxygens (including phenoxy) is 1. The number of amides is 1. The lowest BCUT2D eigenvalue weighted by Crippen LogP contribution is -2.26. The Labute approximate surface area is 105 Å². The minimum Gasteiger partial charge on any atom is -0.384 e. The second kappa shape index (κ2) is 7.85. The Bertz CT molecular complexity index is 417. The van der Waals surface area contributed by atoms with Gasteiger partial charge in [-0.05, 0) is 19.1 Å². The van der Waals surface area contributed by atoms with Crippen LogP contribution in [0.5, 0.6) is 0 Å². The molecule has 17 heavy (non-hydrogen) atoms. The number of thiophene rings is 1. The zero-order valence-electron chi connectivity index (χ0n) is 9.66. The van der Waals surface area contributed by atoms with E-state index in [-0.39, 0.29) is 19.1 Å². The van der Waals surface area contributed by atoms with Gasteiger partial charge in [-0.2, -0.15) is 0 Å². The number of carbonyl (C=O) groups is 1. The summed E-state index contributed by atoms with van der Waals surface area (Å²) < 4.78 is 4.98. The second-order valence-electron chi connectivity index (χ2n) is 3.14. The first-order valence-electron chi connectivity index (χ1n) is 5.29. The molecule has 0 aromatic carbocycles. The number of nitrogens with one attached hydrogen (secondary N) is 1. The van der Waals surface area contributed by atoms with E-state index >= 15 is 0 Å². The summed E-state index contributed by atoms with van der Waals surface area (Å²) in [5, 5.41) is 11.3. The number of hydrogen-bond acceptors (Lipinski definition) is 4. The van der Waals surface area contributed by atoms with Gasteiger partial charge in [-0.15, -0.1) is 11.3 Å². The van der Waals surface area contributed by atoms with Gasteiger partial charge in [0.15, 0.2) is 0 Å². The maximum atomic E-state index is 11.3. The average molecular weight is 253 g/mol. The summed E-state index contributed by atoms with van der Waals surface area (Å²) in [6.45, 7) is 2.82. The summed E-state index contributed by atoms with van der Waals surface area (Å²) in [6.07, 6.45) is 0. The number of rotatable bonds is 5. The monoisotopic (exact) mass is 253 g/mol. The van der Waals surface area contributed by atoms with E-state index in [4.69, 9.17) is 9.84 Å². The van der Waals surface area contributed by atoms with Crippen molar-refractivity contribution in [2.75, 3.05) is 19.8 Å². The summed E-state index contributed by atoms with van der Waals surface area (Å²) >= 11 is 1.50. The Morgan fingerprint density at radius 1 is 1.59 bits per heavy atom. The molecule has 0 saturated carbocycles. The summed E-state index contributed by atoms with van der Waals surface area (Å²) in [4.78, 5) is 13.2. The number of aliphatic hydroxyl groups is 1. The maximum Gasteiger partial charge on any atom is 0.246 e. The van der Waals surface area contributed by atoms with Crippen LogP contribution in [-0.4, -0.2) is 30.8 Å². The van der Waals surface area contributed by atoms with Crippen LogP contribution < -0.4 is 5.32 Å². The Morgan fingerprint density at radius 2 is 2.41 bits per heavy atom. The van der Waals surface area contributed by atoms with Gasteiger partial charge in [0.05, 0.1) is 11.4 Å². The standard InChI is InChI=1S/C12H15NO3S/c1-2-16-9-12(15)13-8-11-6-5-10(17-11)4-3-7-14/h5-6,14H,2,7-9H2,1H3,(H,13,15). The van der Waals surface area contributed by atoms with Crippen LogP contribution in [0.15, 0.2) is 12.1 Å². The normalized spacial score (nSPS) is 9.53. The van der Waals surface area contributed by atoms with E-state index < -0.39 is 0 Å². The number of carbonyl (C=O) groups excluding carboxylic acids is 1. The molecule has 0 saturated heterocycles. The SMILES string of the molecule is CCOCC(=O)NCc1ccc(C#CCO)s1. The molecule has 0 spiro atoms. The van der Waals surface area contributed by atoms with Crippen LogP contribution in [-0.2, 0) is 16.1 Å². The third-order valence-corrected chi connectivity index (χ3v) is 2.85. The van der Waals surface area contributed by atoms with E-state index in [9.17, 15) is 4.79 Å². The molecule has 0 atom stereocenters. The van der Waals surface area contributed by atoms with Crippen LogP contribution in [0.1, 0.15) is 16.7 Å². The predicted molar refractivity (Wildman–Crippen MR) is 66.6 cm³/mol. The van der Waals surface area contributed by atoms with Crippen LogP contribution in [0.4, 0.5) is 0 Å². The zero-order chi connectivity index (χ0) is 12.5. The summed E-state index contributed by atoms with van der Waals surface area (Å²) in [6, 6.07) is 3.78. The van der Waals surface area contributed by atoms with Gasteiger partial charge in [0.1, 0.15) is 13.2 Å². The van der Waals surface area contributed by atoms with Crippen molar-refractivity contribution in [3.63, 3.8) is 0 Å². The first-order valence-corrected chi connectivity index (χ1v) is 6.10. The van der Waals surface area contributed by atoms with Crippen molar-refractivity contribution in [2.45, 2.75) is 13.5 Å². The molecule has 0 unspecified atom stereocenters. The van der Waals surface area contributed by atoms with E-state index in [1.54, 1.807) is 0 Å². The van der Waals surface area contributed by atoms with E-state index in [0.717, 1.165) is 9.75 Å². The van der Waals surface area contributed by atoms with Gasteiger partial charge in [-0.3, -0.25) is 4.79 Å². The minimum absolute atomic E-state index is 0.0963. The molecule has 0 aliphatic carbocycles. The molecule has 2 N–H and O–H groups in total. The van der Waals surface area contributed by atoms with Gasteiger partial charge in [0, 0.05) is 11.5 Å². The van der Waals surface area contributed by atoms with Crippen molar-refractivity contribution in [3.05, 3.63) is 21.9 Å². The molecule has 1 aromatic rings. The molecule has 92 valence electrons. The summed E-state index contributed by atoms with van der Waals surface area (Å²) in [7, 11) is 0. The Hall–Kier alpha value is -1.35. The molecule has 1 amide bonds. The quantitative estimate of drug-likeness (QED) is 0.761. The van der Waals surface area contributed by atoms with Crippen molar-refractivity contribution >= 4 is 17.2 Å². The molecule has 4 nitrogen and oxygen atoms in total. The predicted octanol–water partition coefficient (Wildman–Crippen LogP) is 0.745. The fraction of sp³-hybridized carbons (Fsp3) is 0.417. The van der Waals surface area contributed by atoms with Crippen molar-refractivity contribution in [1.29, 1.82) is 0 Å². The van der Waals surface area contributed by atoms with Gasteiger partial charge >= 0.3 is 0 Å². The molecular formula is C12H15NO3S. The Morgan fingerprint density at radius 3 is 3.12 bits per heavy atom. The first-order chi connectivity index (χ1) is 8.26. The molecular weight excluding hydrogens is 238 g/mol. The van der Waals surface area contributed by atoms with Gasteiger partial charge in [0.25, 0.3) is 0 Å². The highest BCUT2D eigenvalue weighted by Crippen LogP contribution is 2.14. The molecule has 1 aromatic heterocycles. The zero-order valence-corrected chi connectivity index (χ0v) is 10.5.